The number of morpholine rings is 1. The highest BCUT2D eigenvalue weighted by atomic mass is 16.5. The van der Waals surface area contributed by atoms with E-state index in [1.165, 1.54) is 19.3 Å². The predicted octanol–water partition coefficient (Wildman–Crippen LogP) is 2.25. The van der Waals surface area contributed by atoms with E-state index in [4.69, 9.17) is 4.74 Å². The van der Waals surface area contributed by atoms with Crippen LogP contribution < -0.4 is 0 Å². The average molecular weight is 239 g/mol. The van der Waals surface area contributed by atoms with Gasteiger partial charge < -0.3 is 4.74 Å². The Labute approximate surface area is 105 Å². The smallest absolute Gasteiger partial charge is 0.140 e. The lowest BCUT2D eigenvalue weighted by Crippen LogP contribution is -2.48. The molecule has 0 aromatic carbocycles. The molecule has 0 radical (unpaired) electrons. The van der Waals surface area contributed by atoms with Gasteiger partial charge in [-0.3, -0.25) is 9.69 Å². The van der Waals surface area contributed by atoms with E-state index >= 15 is 0 Å². The van der Waals surface area contributed by atoms with Crippen LogP contribution in [0.4, 0.5) is 0 Å². The van der Waals surface area contributed by atoms with Gasteiger partial charge in [0.25, 0.3) is 0 Å². The van der Waals surface area contributed by atoms with Gasteiger partial charge in [-0.05, 0) is 12.8 Å². The molecule has 0 spiro atoms. The Morgan fingerprint density at radius 1 is 1.18 bits per heavy atom. The van der Waals surface area contributed by atoms with E-state index < -0.39 is 0 Å². The third-order valence-electron chi connectivity index (χ3n) is 4.35. The van der Waals surface area contributed by atoms with Crippen LogP contribution in [0.1, 0.15) is 45.4 Å². The molecule has 2 rings (SSSR count). The quantitative estimate of drug-likeness (QED) is 0.753. The number of nitrogens with zero attached hydrogens (tertiary/aromatic N) is 1. The minimum atomic E-state index is -0.0235. The van der Waals surface area contributed by atoms with Crippen LogP contribution in [0.25, 0.3) is 0 Å². The number of hydrogen-bond acceptors (Lipinski definition) is 3. The van der Waals surface area contributed by atoms with Gasteiger partial charge in [-0.25, -0.2) is 0 Å². The molecule has 0 bridgehead atoms. The molecule has 0 amide bonds. The minimum absolute atomic E-state index is 0.0235. The number of carbonyl (C=O) groups excluding carboxylic acids is 1. The fourth-order valence-electron chi connectivity index (χ4n) is 3.32. The fraction of sp³-hybridized carbons (Fsp3) is 0.929. The summed E-state index contributed by atoms with van der Waals surface area (Å²) >= 11 is 0. The van der Waals surface area contributed by atoms with E-state index in [1.807, 2.05) is 6.92 Å². The molecule has 1 heterocycles. The Kier molecular flexibility index (Phi) is 4.57. The monoisotopic (exact) mass is 239 g/mol. The van der Waals surface area contributed by atoms with Crippen LogP contribution >= 0.6 is 0 Å². The third kappa shape index (κ3) is 3.08. The molecule has 0 N–H and O–H groups in total. The van der Waals surface area contributed by atoms with Gasteiger partial charge in [0.2, 0.25) is 0 Å². The summed E-state index contributed by atoms with van der Waals surface area (Å²) in [5.74, 6) is 0.490. The van der Waals surface area contributed by atoms with Crippen molar-refractivity contribution in [2.24, 2.45) is 5.41 Å². The second kappa shape index (κ2) is 5.96. The summed E-state index contributed by atoms with van der Waals surface area (Å²) in [4.78, 5) is 14.7. The highest BCUT2D eigenvalue weighted by molar-refractivity contribution is 5.84. The summed E-state index contributed by atoms with van der Waals surface area (Å²) in [6.45, 7) is 6.64. The van der Waals surface area contributed by atoms with Crippen LogP contribution in [0, 0.1) is 5.41 Å². The number of ether oxygens (including phenoxy) is 1. The van der Waals surface area contributed by atoms with E-state index in [-0.39, 0.29) is 5.41 Å². The Bertz CT molecular complexity index is 253. The topological polar surface area (TPSA) is 29.5 Å². The van der Waals surface area contributed by atoms with E-state index in [2.05, 4.69) is 4.90 Å². The maximum atomic E-state index is 12.3. The fourth-order valence-corrected chi connectivity index (χ4v) is 3.32. The van der Waals surface area contributed by atoms with Crippen molar-refractivity contribution in [2.45, 2.75) is 45.4 Å². The first-order chi connectivity index (χ1) is 8.27. The molecule has 0 aromatic heterocycles. The van der Waals surface area contributed by atoms with Gasteiger partial charge in [-0.15, -0.1) is 0 Å². The number of carbonyl (C=O) groups is 1. The lowest BCUT2D eigenvalue weighted by molar-refractivity contribution is -0.132. The predicted molar refractivity (Wildman–Crippen MR) is 68.1 cm³/mol. The molecule has 98 valence electrons. The number of rotatable bonds is 4. The first-order valence-corrected chi connectivity index (χ1v) is 7.10. The molecule has 1 aliphatic heterocycles. The second-order valence-corrected chi connectivity index (χ2v) is 5.51. The van der Waals surface area contributed by atoms with Crippen LogP contribution in [-0.4, -0.2) is 43.5 Å². The Morgan fingerprint density at radius 3 is 2.41 bits per heavy atom. The van der Waals surface area contributed by atoms with Gasteiger partial charge >= 0.3 is 0 Å². The zero-order chi connectivity index (χ0) is 12.1. The van der Waals surface area contributed by atoms with Gasteiger partial charge in [0.05, 0.1) is 13.2 Å². The second-order valence-electron chi connectivity index (χ2n) is 5.51. The van der Waals surface area contributed by atoms with Crippen LogP contribution in [0.5, 0.6) is 0 Å². The van der Waals surface area contributed by atoms with Crippen molar-refractivity contribution >= 4 is 5.78 Å². The molecule has 0 atom stereocenters. The number of Topliss-reactive ketones (excluding diaryl/α,β-unsaturated/α-hetero) is 1. The van der Waals surface area contributed by atoms with Crippen molar-refractivity contribution < 1.29 is 9.53 Å². The Balaban J connectivity index is 2.01. The van der Waals surface area contributed by atoms with E-state index in [0.29, 0.717) is 12.2 Å². The zero-order valence-corrected chi connectivity index (χ0v) is 11.0. The standard InChI is InChI=1S/C14H25NO2/c1-2-13(16)14(6-4-3-5-7-14)12-15-8-10-17-11-9-15/h2-12H2,1H3. The summed E-state index contributed by atoms with van der Waals surface area (Å²) in [6, 6.07) is 0. The zero-order valence-electron chi connectivity index (χ0n) is 11.0. The lowest BCUT2D eigenvalue weighted by Gasteiger charge is -2.41. The maximum Gasteiger partial charge on any atom is 0.140 e. The molecular formula is C14H25NO2. The minimum Gasteiger partial charge on any atom is -0.379 e. The molecule has 17 heavy (non-hydrogen) atoms. The Morgan fingerprint density at radius 2 is 1.82 bits per heavy atom. The summed E-state index contributed by atoms with van der Waals surface area (Å²) < 4.78 is 5.38. The lowest BCUT2D eigenvalue weighted by atomic mass is 9.70. The maximum absolute atomic E-state index is 12.3. The highest BCUT2D eigenvalue weighted by Crippen LogP contribution is 2.38. The van der Waals surface area contributed by atoms with Crippen molar-refractivity contribution in [2.75, 3.05) is 32.8 Å². The number of ketones is 1. The largest absolute Gasteiger partial charge is 0.379 e. The molecule has 2 fully saturated rings. The summed E-state index contributed by atoms with van der Waals surface area (Å²) in [6.07, 6.45) is 6.69. The van der Waals surface area contributed by atoms with E-state index in [9.17, 15) is 4.79 Å². The van der Waals surface area contributed by atoms with Gasteiger partial charge in [0, 0.05) is 31.5 Å². The first-order valence-electron chi connectivity index (χ1n) is 7.10. The average Bonchev–Trinajstić information content (AvgIpc) is 2.40. The van der Waals surface area contributed by atoms with E-state index in [1.54, 1.807) is 0 Å². The van der Waals surface area contributed by atoms with E-state index in [0.717, 1.165) is 45.7 Å². The van der Waals surface area contributed by atoms with Gasteiger partial charge in [0.15, 0.2) is 0 Å². The van der Waals surface area contributed by atoms with Crippen LogP contribution in [0.3, 0.4) is 0 Å². The molecule has 1 saturated heterocycles. The highest BCUT2D eigenvalue weighted by Gasteiger charge is 2.39. The van der Waals surface area contributed by atoms with Crippen molar-refractivity contribution in [1.82, 2.24) is 4.90 Å². The molecule has 1 saturated carbocycles. The normalized spacial score (nSPS) is 25.7. The molecular weight excluding hydrogens is 214 g/mol. The molecule has 0 unspecified atom stereocenters. The summed E-state index contributed by atoms with van der Waals surface area (Å²) in [7, 11) is 0. The molecule has 0 aromatic rings. The SMILES string of the molecule is CCC(=O)C1(CN2CCOCC2)CCCCC1. The van der Waals surface area contributed by atoms with Crippen molar-refractivity contribution in [1.29, 1.82) is 0 Å². The molecule has 1 aliphatic carbocycles. The van der Waals surface area contributed by atoms with Crippen molar-refractivity contribution in [3.8, 4) is 0 Å². The summed E-state index contributed by atoms with van der Waals surface area (Å²) in [5, 5.41) is 0. The molecule has 3 nitrogen and oxygen atoms in total. The van der Waals surface area contributed by atoms with Crippen molar-refractivity contribution in [3.05, 3.63) is 0 Å². The third-order valence-corrected chi connectivity index (χ3v) is 4.35. The molecule has 2 aliphatic rings. The van der Waals surface area contributed by atoms with Crippen LogP contribution in [-0.2, 0) is 9.53 Å². The van der Waals surface area contributed by atoms with Gasteiger partial charge in [-0.2, -0.15) is 0 Å². The first kappa shape index (κ1) is 13.0. The van der Waals surface area contributed by atoms with Crippen LogP contribution in [0.2, 0.25) is 0 Å². The summed E-state index contributed by atoms with van der Waals surface area (Å²) in [5.41, 5.74) is -0.0235. The molecule has 3 heteroatoms. The van der Waals surface area contributed by atoms with Crippen molar-refractivity contribution in [3.63, 3.8) is 0 Å². The number of hydrogen-bond donors (Lipinski definition) is 0. The van der Waals surface area contributed by atoms with Crippen LogP contribution in [0.15, 0.2) is 0 Å². The van der Waals surface area contributed by atoms with Gasteiger partial charge in [0.1, 0.15) is 5.78 Å². The van der Waals surface area contributed by atoms with Gasteiger partial charge in [-0.1, -0.05) is 26.2 Å². The Hall–Kier alpha value is -0.410.